The fraction of sp³-hybridized carbons (Fsp3) is 0.286. The topological polar surface area (TPSA) is 26.3 Å². The maximum atomic E-state index is 10.5. The van der Waals surface area contributed by atoms with Crippen molar-refractivity contribution in [2.24, 2.45) is 0 Å². The van der Waals surface area contributed by atoms with Crippen molar-refractivity contribution in [3.8, 4) is 0 Å². The minimum atomic E-state index is -0.381. The third-order valence-corrected chi connectivity index (χ3v) is 0.660. The molecule has 2 nitrogen and oxygen atoms in total. The quantitative estimate of drug-likeness (QED) is 0.319. The van der Waals surface area contributed by atoms with Gasteiger partial charge in [0.05, 0.1) is 6.26 Å². The largest absolute Gasteiger partial charge is 0.432 e. The van der Waals surface area contributed by atoms with Crippen LogP contribution in [0.3, 0.4) is 0 Å². The fourth-order valence-corrected chi connectivity index (χ4v) is 0.230. The summed E-state index contributed by atoms with van der Waals surface area (Å²) in [4.78, 5) is 10.5. The van der Waals surface area contributed by atoms with Gasteiger partial charge in [-0.25, -0.2) is 4.79 Å². The number of hydrogen-bond donors (Lipinski definition) is 0. The van der Waals surface area contributed by atoms with Crippen LogP contribution in [0.5, 0.6) is 0 Å². The van der Waals surface area contributed by atoms with Crippen LogP contribution in [0.2, 0.25) is 0 Å². The van der Waals surface area contributed by atoms with Crippen molar-refractivity contribution in [2.45, 2.75) is 13.8 Å². The van der Waals surface area contributed by atoms with Crippen molar-refractivity contribution >= 4 is 5.97 Å². The van der Waals surface area contributed by atoms with Crippen LogP contribution in [0.4, 0.5) is 0 Å². The number of allylic oxidation sites excluding steroid dienone is 1. The van der Waals surface area contributed by atoms with Crippen molar-refractivity contribution < 1.29 is 9.53 Å². The molecule has 0 aromatic rings. The van der Waals surface area contributed by atoms with Gasteiger partial charge in [-0.1, -0.05) is 12.7 Å². The average Bonchev–Trinajstić information content (AvgIpc) is 1.82. The molecule has 0 N–H and O–H groups in total. The molecular weight excluding hydrogens is 116 g/mol. The van der Waals surface area contributed by atoms with Gasteiger partial charge in [-0.05, 0) is 13.8 Å². The first-order chi connectivity index (χ1) is 4.18. The maximum absolute atomic E-state index is 10.5. The van der Waals surface area contributed by atoms with Gasteiger partial charge in [-0.15, -0.1) is 0 Å². The third kappa shape index (κ3) is 3.53. The third-order valence-electron chi connectivity index (χ3n) is 0.660. The molecule has 0 spiro atoms. The molecule has 0 heterocycles. The number of hydrogen-bond acceptors (Lipinski definition) is 2. The van der Waals surface area contributed by atoms with E-state index in [1.54, 1.807) is 19.9 Å². The molecule has 0 aromatic carbocycles. The number of rotatable bonds is 2. The Bertz CT molecular complexity index is 145. The molecule has 0 amide bonds. The lowest BCUT2D eigenvalue weighted by Gasteiger charge is -1.93. The Morgan fingerprint density at radius 3 is 2.56 bits per heavy atom. The molecule has 0 fully saturated rings. The molecule has 0 aliphatic rings. The van der Waals surface area contributed by atoms with Gasteiger partial charge in [-0.3, -0.25) is 0 Å². The van der Waals surface area contributed by atoms with E-state index in [9.17, 15) is 4.79 Å². The molecule has 9 heavy (non-hydrogen) atoms. The number of carbonyl (C=O) groups is 1. The van der Waals surface area contributed by atoms with Gasteiger partial charge in [0.25, 0.3) is 0 Å². The minimum absolute atomic E-state index is 0.381. The highest BCUT2D eigenvalue weighted by Crippen LogP contribution is 1.91. The fourth-order valence-electron chi connectivity index (χ4n) is 0.230. The summed E-state index contributed by atoms with van der Waals surface area (Å²) in [5.74, 6) is -0.381. The number of carbonyl (C=O) groups excluding carboxylic acids is 1. The molecular formula is C7H10O2. The lowest BCUT2D eigenvalue weighted by atomic mass is 10.4. The van der Waals surface area contributed by atoms with Gasteiger partial charge < -0.3 is 4.74 Å². The number of esters is 1. The summed E-state index contributed by atoms with van der Waals surface area (Å²) >= 11 is 0. The van der Waals surface area contributed by atoms with E-state index in [-0.39, 0.29) is 5.97 Å². The van der Waals surface area contributed by atoms with Crippen LogP contribution in [0.25, 0.3) is 0 Å². The molecule has 0 rings (SSSR count). The zero-order valence-electron chi connectivity index (χ0n) is 5.68. The summed E-state index contributed by atoms with van der Waals surface area (Å²) in [6, 6.07) is 0. The van der Waals surface area contributed by atoms with Gasteiger partial charge in [-0.2, -0.15) is 0 Å². The Morgan fingerprint density at radius 2 is 2.22 bits per heavy atom. The second-order valence-electron chi connectivity index (χ2n) is 1.66. The van der Waals surface area contributed by atoms with E-state index < -0.39 is 0 Å². The molecule has 0 radical (unpaired) electrons. The monoisotopic (exact) mass is 126 g/mol. The predicted octanol–water partition coefficient (Wildman–Crippen LogP) is 1.64. The van der Waals surface area contributed by atoms with Crippen molar-refractivity contribution in [1.29, 1.82) is 0 Å². The van der Waals surface area contributed by atoms with E-state index in [1.807, 2.05) is 0 Å². The van der Waals surface area contributed by atoms with E-state index in [4.69, 9.17) is 0 Å². The van der Waals surface area contributed by atoms with Crippen molar-refractivity contribution in [2.75, 3.05) is 0 Å². The van der Waals surface area contributed by atoms with E-state index in [0.717, 1.165) is 0 Å². The summed E-state index contributed by atoms with van der Waals surface area (Å²) in [6.07, 6.45) is 2.97. The Hall–Kier alpha value is -1.05. The van der Waals surface area contributed by atoms with Crippen LogP contribution in [-0.4, -0.2) is 5.97 Å². The van der Waals surface area contributed by atoms with Gasteiger partial charge in [0.1, 0.15) is 0 Å². The second kappa shape index (κ2) is 3.89. The van der Waals surface area contributed by atoms with Gasteiger partial charge in [0.15, 0.2) is 0 Å². The van der Waals surface area contributed by atoms with Crippen LogP contribution in [-0.2, 0) is 9.53 Å². The van der Waals surface area contributed by atoms with Crippen LogP contribution in [0, 0.1) is 0 Å². The summed E-state index contributed by atoms with van der Waals surface area (Å²) in [5, 5.41) is 0. The smallest absolute Gasteiger partial charge is 0.337 e. The standard InChI is InChI=1S/C7H10O2/c1-4-5-9-7(8)6(2)3/h4-5H,2H2,1,3H3/b5-4+. The summed E-state index contributed by atoms with van der Waals surface area (Å²) in [7, 11) is 0. The highest BCUT2D eigenvalue weighted by Gasteiger charge is 1.97. The second-order valence-corrected chi connectivity index (χ2v) is 1.66. The Kier molecular flexibility index (Phi) is 3.44. The van der Waals surface area contributed by atoms with Crippen LogP contribution >= 0.6 is 0 Å². The molecule has 0 aliphatic heterocycles. The summed E-state index contributed by atoms with van der Waals surface area (Å²) in [5.41, 5.74) is 0.410. The van der Waals surface area contributed by atoms with Crippen molar-refractivity contribution in [3.63, 3.8) is 0 Å². The molecule has 0 aliphatic carbocycles. The first kappa shape index (κ1) is 7.95. The predicted molar refractivity (Wildman–Crippen MR) is 35.7 cm³/mol. The van der Waals surface area contributed by atoms with E-state index in [2.05, 4.69) is 11.3 Å². The molecule has 0 saturated heterocycles. The van der Waals surface area contributed by atoms with Crippen molar-refractivity contribution in [1.82, 2.24) is 0 Å². The lowest BCUT2D eigenvalue weighted by Crippen LogP contribution is -1.98. The highest BCUT2D eigenvalue weighted by molar-refractivity contribution is 5.87. The Morgan fingerprint density at radius 1 is 1.67 bits per heavy atom. The average molecular weight is 126 g/mol. The molecule has 0 bridgehead atoms. The minimum Gasteiger partial charge on any atom is -0.432 e. The number of ether oxygens (including phenoxy) is 1. The van der Waals surface area contributed by atoms with E-state index in [1.165, 1.54) is 6.26 Å². The van der Waals surface area contributed by atoms with Crippen LogP contribution in [0.15, 0.2) is 24.5 Å². The molecule has 0 atom stereocenters. The molecule has 0 saturated carbocycles. The molecule has 0 aromatic heterocycles. The van der Waals surface area contributed by atoms with Crippen LogP contribution < -0.4 is 0 Å². The normalized spacial score (nSPS) is 9.56. The van der Waals surface area contributed by atoms with E-state index >= 15 is 0 Å². The molecule has 0 unspecified atom stereocenters. The van der Waals surface area contributed by atoms with Gasteiger partial charge in [0.2, 0.25) is 0 Å². The zero-order valence-corrected chi connectivity index (χ0v) is 5.68. The maximum Gasteiger partial charge on any atom is 0.337 e. The van der Waals surface area contributed by atoms with Gasteiger partial charge in [0, 0.05) is 5.57 Å². The highest BCUT2D eigenvalue weighted by atomic mass is 16.5. The van der Waals surface area contributed by atoms with Crippen LogP contribution in [0.1, 0.15) is 13.8 Å². The molecule has 50 valence electrons. The Labute approximate surface area is 54.8 Å². The SMILES string of the molecule is C=C(C)C(=O)O/C=C/C. The summed E-state index contributed by atoms with van der Waals surface area (Å²) < 4.78 is 4.53. The first-order valence-electron chi connectivity index (χ1n) is 2.66. The van der Waals surface area contributed by atoms with E-state index in [0.29, 0.717) is 5.57 Å². The Balaban J connectivity index is 3.65. The van der Waals surface area contributed by atoms with Crippen molar-refractivity contribution in [3.05, 3.63) is 24.5 Å². The summed E-state index contributed by atoms with van der Waals surface area (Å²) in [6.45, 7) is 6.77. The zero-order chi connectivity index (χ0) is 7.28. The lowest BCUT2D eigenvalue weighted by molar-refractivity contribution is -0.133. The molecule has 2 heteroatoms. The van der Waals surface area contributed by atoms with Gasteiger partial charge >= 0.3 is 5.97 Å². The first-order valence-corrected chi connectivity index (χ1v) is 2.66.